The van der Waals surface area contributed by atoms with Crippen molar-refractivity contribution in [3.63, 3.8) is 0 Å². The smallest absolute Gasteiger partial charge is 0.233 e. The molecule has 6 nitrogen and oxygen atoms in total. The van der Waals surface area contributed by atoms with Crippen LogP contribution in [0.1, 0.15) is 5.82 Å². The quantitative estimate of drug-likeness (QED) is 0.824. The molecule has 0 spiro atoms. The predicted octanol–water partition coefficient (Wildman–Crippen LogP) is 1.76. The number of halogens is 1. The molecule has 1 aromatic heterocycles. The number of aromatic amines is 1. The molecule has 0 aliphatic carbocycles. The second-order valence-corrected chi connectivity index (χ2v) is 6.15. The van der Waals surface area contributed by atoms with Gasteiger partial charge in [-0.25, -0.2) is 13.4 Å². The van der Waals surface area contributed by atoms with Crippen molar-refractivity contribution >= 4 is 27.3 Å². The van der Waals surface area contributed by atoms with E-state index in [-0.39, 0.29) is 11.6 Å². The molecule has 8 heteroatoms. The van der Waals surface area contributed by atoms with Crippen molar-refractivity contribution in [2.45, 2.75) is 6.92 Å². The molecule has 1 heterocycles. The van der Waals surface area contributed by atoms with Crippen LogP contribution in [0.5, 0.6) is 0 Å². The van der Waals surface area contributed by atoms with Gasteiger partial charge in [0.05, 0.1) is 5.75 Å². The van der Waals surface area contributed by atoms with Crippen molar-refractivity contribution in [3.8, 4) is 11.4 Å². The number of hydrogen-bond donors (Lipinski definition) is 2. The first kappa shape index (κ1) is 13.8. The summed E-state index contributed by atoms with van der Waals surface area (Å²) in [4.78, 5) is 4.19. The minimum Gasteiger partial charge on any atom is -0.283 e. The zero-order chi connectivity index (χ0) is 13.9. The molecule has 0 radical (unpaired) electrons. The summed E-state index contributed by atoms with van der Waals surface area (Å²) in [5, 5.41) is 6.76. The normalized spacial score (nSPS) is 11.5. The van der Waals surface area contributed by atoms with E-state index in [0.717, 1.165) is 5.56 Å². The number of nitrogens with one attached hydrogen (secondary N) is 2. The summed E-state index contributed by atoms with van der Waals surface area (Å²) in [6, 6.07) is 6.88. The standard InChI is InChI=1S/C11H13ClN4O2S/c1-8-13-11(15-14-8)9-3-2-4-10(7-9)16-19(17,18)6-5-12/h2-4,7,16H,5-6H2,1H3,(H,13,14,15). The van der Waals surface area contributed by atoms with Gasteiger partial charge in [-0.15, -0.1) is 11.6 Å². The van der Waals surface area contributed by atoms with Crippen LogP contribution >= 0.6 is 11.6 Å². The number of anilines is 1. The molecule has 1 aromatic carbocycles. The lowest BCUT2D eigenvalue weighted by Gasteiger charge is -2.07. The van der Waals surface area contributed by atoms with Gasteiger partial charge >= 0.3 is 0 Å². The highest BCUT2D eigenvalue weighted by Crippen LogP contribution is 2.20. The number of nitrogens with zero attached hydrogens (tertiary/aromatic N) is 2. The van der Waals surface area contributed by atoms with Crippen LogP contribution in [-0.2, 0) is 10.0 Å². The van der Waals surface area contributed by atoms with E-state index in [1.54, 1.807) is 25.1 Å². The third-order valence-electron chi connectivity index (χ3n) is 2.34. The Morgan fingerprint density at radius 2 is 2.21 bits per heavy atom. The van der Waals surface area contributed by atoms with Gasteiger partial charge in [0.1, 0.15) is 5.82 Å². The van der Waals surface area contributed by atoms with Crippen LogP contribution in [0.4, 0.5) is 5.69 Å². The number of rotatable bonds is 5. The molecular weight excluding hydrogens is 288 g/mol. The van der Waals surface area contributed by atoms with E-state index in [9.17, 15) is 8.42 Å². The molecule has 0 fully saturated rings. The van der Waals surface area contributed by atoms with E-state index >= 15 is 0 Å². The van der Waals surface area contributed by atoms with Gasteiger partial charge in [-0.3, -0.25) is 9.82 Å². The van der Waals surface area contributed by atoms with Crippen molar-refractivity contribution in [1.29, 1.82) is 0 Å². The summed E-state index contributed by atoms with van der Waals surface area (Å²) in [5.41, 5.74) is 1.19. The summed E-state index contributed by atoms with van der Waals surface area (Å²) in [6.07, 6.45) is 0. The zero-order valence-electron chi connectivity index (χ0n) is 10.2. The molecular formula is C11H13ClN4O2S. The maximum absolute atomic E-state index is 11.6. The lowest BCUT2D eigenvalue weighted by molar-refractivity contribution is 0.602. The molecule has 0 unspecified atom stereocenters. The number of aryl methyl sites for hydroxylation is 1. The van der Waals surface area contributed by atoms with E-state index in [1.165, 1.54) is 0 Å². The molecule has 2 rings (SSSR count). The third kappa shape index (κ3) is 3.68. The summed E-state index contributed by atoms with van der Waals surface area (Å²) in [5.74, 6) is 1.15. The van der Waals surface area contributed by atoms with Crippen LogP contribution in [0.15, 0.2) is 24.3 Å². The van der Waals surface area contributed by atoms with E-state index in [1.807, 2.05) is 6.07 Å². The lowest BCUT2D eigenvalue weighted by atomic mass is 10.2. The minimum atomic E-state index is -3.41. The van der Waals surface area contributed by atoms with Crippen molar-refractivity contribution < 1.29 is 8.42 Å². The van der Waals surface area contributed by atoms with E-state index in [0.29, 0.717) is 17.3 Å². The average molecular weight is 301 g/mol. The van der Waals surface area contributed by atoms with Crippen LogP contribution < -0.4 is 4.72 Å². The van der Waals surface area contributed by atoms with Gasteiger partial charge in [0.15, 0.2) is 5.82 Å². The average Bonchev–Trinajstić information content (AvgIpc) is 2.75. The molecule has 0 saturated carbocycles. The molecule has 19 heavy (non-hydrogen) atoms. The fourth-order valence-corrected chi connectivity index (χ4v) is 2.93. The van der Waals surface area contributed by atoms with Gasteiger partial charge in [0, 0.05) is 17.1 Å². The molecule has 0 atom stereocenters. The number of hydrogen-bond acceptors (Lipinski definition) is 4. The summed E-state index contributed by atoms with van der Waals surface area (Å²) >= 11 is 5.44. The molecule has 2 N–H and O–H groups in total. The molecule has 0 bridgehead atoms. The first-order valence-corrected chi connectivity index (χ1v) is 7.75. The highest BCUT2D eigenvalue weighted by Gasteiger charge is 2.10. The van der Waals surface area contributed by atoms with Gasteiger partial charge in [-0.05, 0) is 19.1 Å². The van der Waals surface area contributed by atoms with Gasteiger partial charge in [0.25, 0.3) is 0 Å². The van der Waals surface area contributed by atoms with Crippen molar-refractivity contribution in [1.82, 2.24) is 15.2 Å². The topological polar surface area (TPSA) is 87.7 Å². The van der Waals surface area contributed by atoms with E-state index < -0.39 is 10.0 Å². The van der Waals surface area contributed by atoms with Gasteiger partial charge in [-0.1, -0.05) is 12.1 Å². The first-order valence-electron chi connectivity index (χ1n) is 5.56. The Labute approximate surface area is 116 Å². The summed E-state index contributed by atoms with van der Waals surface area (Å²) < 4.78 is 25.7. The number of sulfonamides is 1. The van der Waals surface area contributed by atoms with E-state index in [4.69, 9.17) is 11.6 Å². The van der Waals surface area contributed by atoms with Crippen LogP contribution in [0.25, 0.3) is 11.4 Å². The number of benzene rings is 1. The second kappa shape index (κ2) is 5.58. The predicted molar refractivity (Wildman–Crippen MR) is 74.7 cm³/mol. The highest BCUT2D eigenvalue weighted by molar-refractivity contribution is 7.92. The van der Waals surface area contributed by atoms with Gasteiger partial charge in [-0.2, -0.15) is 5.10 Å². The van der Waals surface area contributed by atoms with Gasteiger partial charge < -0.3 is 0 Å². The van der Waals surface area contributed by atoms with Crippen molar-refractivity contribution in [3.05, 3.63) is 30.1 Å². The van der Waals surface area contributed by atoms with Crippen LogP contribution in [0, 0.1) is 6.92 Å². The molecule has 0 saturated heterocycles. The van der Waals surface area contributed by atoms with Crippen LogP contribution in [0.2, 0.25) is 0 Å². The Kier molecular flexibility index (Phi) is 4.06. The first-order chi connectivity index (χ1) is 9.00. The Morgan fingerprint density at radius 1 is 1.42 bits per heavy atom. The minimum absolute atomic E-state index is 0.0507. The van der Waals surface area contributed by atoms with Crippen LogP contribution in [-0.4, -0.2) is 35.2 Å². The number of H-pyrrole nitrogens is 1. The van der Waals surface area contributed by atoms with Crippen molar-refractivity contribution in [2.75, 3.05) is 16.4 Å². The fourth-order valence-electron chi connectivity index (χ4n) is 1.53. The maximum Gasteiger partial charge on any atom is 0.233 e. The summed E-state index contributed by atoms with van der Waals surface area (Å²) in [7, 11) is -3.41. The third-order valence-corrected chi connectivity index (χ3v) is 4.04. The Hall–Kier alpha value is -1.60. The number of alkyl halides is 1. The van der Waals surface area contributed by atoms with Gasteiger partial charge in [0.2, 0.25) is 10.0 Å². The number of aromatic nitrogens is 3. The molecule has 2 aromatic rings. The highest BCUT2D eigenvalue weighted by atomic mass is 35.5. The SMILES string of the molecule is Cc1nc(-c2cccc(NS(=O)(=O)CCCl)c2)n[nH]1. The van der Waals surface area contributed by atoms with E-state index in [2.05, 4.69) is 19.9 Å². The second-order valence-electron chi connectivity index (χ2n) is 3.94. The maximum atomic E-state index is 11.6. The van der Waals surface area contributed by atoms with Crippen molar-refractivity contribution in [2.24, 2.45) is 0 Å². The largest absolute Gasteiger partial charge is 0.283 e. The summed E-state index contributed by atoms with van der Waals surface area (Å²) in [6.45, 7) is 1.80. The van der Waals surface area contributed by atoms with Crippen LogP contribution in [0.3, 0.4) is 0 Å². The lowest BCUT2D eigenvalue weighted by Crippen LogP contribution is -2.17. The molecule has 0 aliphatic rings. The fraction of sp³-hybridized carbons (Fsp3) is 0.273. The Bertz CT molecular complexity index is 669. The molecule has 102 valence electrons. The molecule has 0 aliphatic heterocycles. The monoisotopic (exact) mass is 300 g/mol. The Morgan fingerprint density at radius 3 is 2.84 bits per heavy atom. The molecule has 0 amide bonds. The zero-order valence-corrected chi connectivity index (χ0v) is 11.8. The Balaban J connectivity index is 2.25.